The molecule has 2 heterocycles. The van der Waals surface area contributed by atoms with E-state index in [2.05, 4.69) is 17.3 Å². The van der Waals surface area contributed by atoms with Crippen molar-refractivity contribution in [3.8, 4) is 0 Å². The SMILES string of the molecule is CN1N=C2CCNCC2(C)C1=S. The van der Waals surface area contributed by atoms with Crippen molar-refractivity contribution in [2.75, 3.05) is 20.1 Å². The van der Waals surface area contributed by atoms with Crippen molar-refractivity contribution in [1.29, 1.82) is 0 Å². The maximum absolute atomic E-state index is 5.32. The van der Waals surface area contributed by atoms with Gasteiger partial charge in [0.05, 0.1) is 11.1 Å². The molecule has 0 bridgehead atoms. The summed E-state index contributed by atoms with van der Waals surface area (Å²) in [7, 11) is 1.93. The lowest BCUT2D eigenvalue weighted by Gasteiger charge is -2.30. The summed E-state index contributed by atoms with van der Waals surface area (Å²) in [5.74, 6) is 0. The van der Waals surface area contributed by atoms with Gasteiger partial charge in [0.15, 0.2) is 0 Å². The zero-order chi connectivity index (χ0) is 8.77. The van der Waals surface area contributed by atoms with Crippen molar-refractivity contribution >= 4 is 22.9 Å². The molecular formula is C8H13N3S. The van der Waals surface area contributed by atoms with Crippen molar-refractivity contribution < 1.29 is 0 Å². The Balaban J connectivity index is 2.36. The summed E-state index contributed by atoms with van der Waals surface area (Å²) in [6.45, 7) is 4.14. The van der Waals surface area contributed by atoms with Crippen molar-refractivity contribution in [2.24, 2.45) is 10.5 Å². The minimum absolute atomic E-state index is 0.0162. The number of rotatable bonds is 0. The molecule has 0 aliphatic carbocycles. The average Bonchev–Trinajstić information content (AvgIpc) is 2.28. The highest BCUT2D eigenvalue weighted by molar-refractivity contribution is 7.80. The van der Waals surface area contributed by atoms with Gasteiger partial charge in [-0.05, 0) is 6.92 Å². The van der Waals surface area contributed by atoms with E-state index in [-0.39, 0.29) is 5.41 Å². The van der Waals surface area contributed by atoms with Gasteiger partial charge < -0.3 is 5.32 Å². The molecule has 66 valence electrons. The van der Waals surface area contributed by atoms with Crippen LogP contribution >= 0.6 is 12.2 Å². The maximum atomic E-state index is 5.32. The molecule has 1 saturated heterocycles. The molecule has 0 amide bonds. The molecule has 1 atom stereocenters. The van der Waals surface area contributed by atoms with Gasteiger partial charge in [-0.3, -0.25) is 5.01 Å². The van der Waals surface area contributed by atoms with Crippen molar-refractivity contribution in [1.82, 2.24) is 10.3 Å². The van der Waals surface area contributed by atoms with E-state index in [9.17, 15) is 0 Å². The number of hydrazone groups is 1. The Labute approximate surface area is 77.8 Å². The molecule has 4 heteroatoms. The first-order chi connectivity index (χ1) is 5.64. The van der Waals surface area contributed by atoms with Gasteiger partial charge in [0, 0.05) is 26.6 Å². The first-order valence-electron chi connectivity index (χ1n) is 4.21. The molecule has 1 unspecified atom stereocenters. The van der Waals surface area contributed by atoms with Crippen molar-refractivity contribution in [3.05, 3.63) is 0 Å². The highest BCUT2D eigenvalue weighted by atomic mass is 32.1. The molecule has 0 radical (unpaired) electrons. The van der Waals surface area contributed by atoms with E-state index < -0.39 is 0 Å². The van der Waals surface area contributed by atoms with Crippen LogP contribution in [-0.4, -0.2) is 35.8 Å². The van der Waals surface area contributed by atoms with E-state index in [1.54, 1.807) is 0 Å². The van der Waals surface area contributed by atoms with Gasteiger partial charge in [-0.25, -0.2) is 0 Å². The zero-order valence-corrected chi connectivity index (χ0v) is 8.24. The summed E-state index contributed by atoms with van der Waals surface area (Å²) >= 11 is 5.32. The molecule has 0 aromatic heterocycles. The van der Waals surface area contributed by atoms with Crippen LogP contribution in [-0.2, 0) is 0 Å². The second-order valence-corrected chi connectivity index (χ2v) is 4.02. The smallest absolute Gasteiger partial charge is 0.112 e. The summed E-state index contributed by atoms with van der Waals surface area (Å²) in [6, 6.07) is 0. The normalized spacial score (nSPS) is 35.0. The highest BCUT2D eigenvalue weighted by Crippen LogP contribution is 2.31. The Bertz CT molecular complexity index is 261. The minimum Gasteiger partial charge on any atom is -0.315 e. The van der Waals surface area contributed by atoms with Crippen LogP contribution in [0.3, 0.4) is 0 Å². The highest BCUT2D eigenvalue weighted by Gasteiger charge is 2.43. The third-order valence-corrected chi connectivity index (χ3v) is 3.41. The van der Waals surface area contributed by atoms with E-state index in [0.717, 1.165) is 24.5 Å². The predicted molar refractivity (Wildman–Crippen MR) is 53.4 cm³/mol. The first-order valence-corrected chi connectivity index (χ1v) is 4.62. The summed E-state index contributed by atoms with van der Waals surface area (Å²) in [5.41, 5.74) is 1.26. The molecule has 3 nitrogen and oxygen atoms in total. The molecule has 0 spiro atoms. The predicted octanol–water partition coefficient (Wildman–Crippen LogP) is 0.615. The Hall–Kier alpha value is -0.480. The largest absolute Gasteiger partial charge is 0.315 e. The zero-order valence-electron chi connectivity index (χ0n) is 7.42. The second kappa shape index (κ2) is 2.50. The molecule has 2 aliphatic rings. The Morgan fingerprint density at radius 3 is 3.08 bits per heavy atom. The molecule has 12 heavy (non-hydrogen) atoms. The number of nitrogens with one attached hydrogen (secondary N) is 1. The number of nitrogens with zero attached hydrogens (tertiary/aromatic N) is 2. The van der Waals surface area contributed by atoms with E-state index in [1.165, 1.54) is 5.71 Å². The number of thiocarbonyl (C=S) groups is 1. The van der Waals surface area contributed by atoms with Crippen LogP contribution in [0.5, 0.6) is 0 Å². The van der Waals surface area contributed by atoms with Crippen LogP contribution in [0.1, 0.15) is 13.3 Å². The lowest BCUT2D eigenvalue weighted by molar-refractivity contribution is 0.493. The molecule has 1 N–H and O–H groups in total. The molecule has 0 saturated carbocycles. The topological polar surface area (TPSA) is 27.6 Å². The summed E-state index contributed by atoms with van der Waals surface area (Å²) < 4.78 is 0. The lowest BCUT2D eigenvalue weighted by Crippen LogP contribution is -2.48. The second-order valence-electron chi connectivity index (χ2n) is 3.63. The Kier molecular flexibility index (Phi) is 1.70. The van der Waals surface area contributed by atoms with E-state index in [1.807, 2.05) is 12.1 Å². The summed E-state index contributed by atoms with van der Waals surface area (Å²) in [4.78, 5) is 0.949. The molecule has 1 fully saturated rings. The van der Waals surface area contributed by atoms with Gasteiger partial charge in [-0.1, -0.05) is 12.2 Å². The van der Waals surface area contributed by atoms with Crippen molar-refractivity contribution in [3.63, 3.8) is 0 Å². The molecular weight excluding hydrogens is 170 g/mol. The lowest BCUT2D eigenvalue weighted by atomic mass is 9.81. The van der Waals surface area contributed by atoms with Gasteiger partial charge in [0.25, 0.3) is 0 Å². The quantitative estimate of drug-likeness (QED) is 0.558. The van der Waals surface area contributed by atoms with Gasteiger partial charge in [-0.15, -0.1) is 0 Å². The van der Waals surface area contributed by atoms with Crippen LogP contribution in [0.4, 0.5) is 0 Å². The minimum atomic E-state index is 0.0162. The average molecular weight is 183 g/mol. The number of hydrogen-bond donors (Lipinski definition) is 1. The number of hydrogen-bond acceptors (Lipinski definition) is 3. The van der Waals surface area contributed by atoms with Crippen LogP contribution < -0.4 is 5.32 Å². The summed E-state index contributed by atoms with van der Waals surface area (Å²) in [5, 5.41) is 9.62. The monoisotopic (exact) mass is 183 g/mol. The summed E-state index contributed by atoms with van der Waals surface area (Å²) in [6.07, 6.45) is 1.03. The molecule has 2 aliphatic heterocycles. The van der Waals surface area contributed by atoms with Gasteiger partial charge in [0.2, 0.25) is 0 Å². The molecule has 0 aromatic carbocycles. The van der Waals surface area contributed by atoms with Crippen molar-refractivity contribution in [2.45, 2.75) is 13.3 Å². The van der Waals surface area contributed by atoms with Crippen LogP contribution in [0.25, 0.3) is 0 Å². The Morgan fingerprint density at radius 2 is 2.42 bits per heavy atom. The third kappa shape index (κ3) is 0.912. The fraction of sp³-hybridized carbons (Fsp3) is 0.750. The van der Waals surface area contributed by atoms with E-state index in [4.69, 9.17) is 12.2 Å². The fourth-order valence-corrected chi connectivity index (χ4v) is 2.10. The fourth-order valence-electron chi connectivity index (χ4n) is 1.87. The molecule has 2 rings (SSSR count). The van der Waals surface area contributed by atoms with Gasteiger partial charge >= 0.3 is 0 Å². The number of piperidine rings is 1. The van der Waals surface area contributed by atoms with Gasteiger partial charge in [-0.2, -0.15) is 5.10 Å². The maximum Gasteiger partial charge on any atom is 0.112 e. The van der Waals surface area contributed by atoms with Crippen LogP contribution in [0, 0.1) is 5.41 Å². The standard InChI is InChI=1S/C8H13N3S/c1-8-5-9-4-3-6(8)10-11(2)7(8)12/h9H,3-5H2,1-2H3. The Morgan fingerprint density at radius 1 is 1.67 bits per heavy atom. The van der Waals surface area contributed by atoms with Gasteiger partial charge in [0.1, 0.15) is 4.99 Å². The van der Waals surface area contributed by atoms with Crippen LogP contribution in [0.2, 0.25) is 0 Å². The van der Waals surface area contributed by atoms with Crippen LogP contribution in [0.15, 0.2) is 5.10 Å². The van der Waals surface area contributed by atoms with E-state index in [0.29, 0.717) is 0 Å². The van der Waals surface area contributed by atoms with E-state index >= 15 is 0 Å². The number of fused-ring (bicyclic) bond motifs is 1. The first kappa shape index (κ1) is 8.13. The molecule has 0 aromatic rings. The third-order valence-electron chi connectivity index (χ3n) is 2.69.